The second-order valence-corrected chi connectivity index (χ2v) is 5.84. The number of nitrogens with one attached hydrogen (secondary N) is 2. The maximum Gasteiger partial charge on any atom is 0.312 e. The molecule has 0 bridgehead atoms. The molecule has 1 fully saturated rings. The van der Waals surface area contributed by atoms with Crippen molar-refractivity contribution in [2.24, 2.45) is 0 Å². The number of ether oxygens (including phenoxy) is 2. The molecule has 1 saturated heterocycles. The third-order valence-corrected chi connectivity index (χ3v) is 4.00. The van der Waals surface area contributed by atoms with E-state index < -0.39 is 11.9 Å². The van der Waals surface area contributed by atoms with Crippen molar-refractivity contribution < 1.29 is 19.1 Å². The third-order valence-electron chi connectivity index (χ3n) is 4.00. The van der Waals surface area contributed by atoms with Crippen LogP contribution in [0.5, 0.6) is 5.88 Å². The normalized spacial score (nSPS) is 13.7. The van der Waals surface area contributed by atoms with E-state index in [0.717, 1.165) is 0 Å². The number of amides is 1. The van der Waals surface area contributed by atoms with Gasteiger partial charge in [0.05, 0.1) is 13.2 Å². The molecular formula is C17H19N7O4. The van der Waals surface area contributed by atoms with Crippen molar-refractivity contribution in [2.75, 3.05) is 31.6 Å². The molecule has 11 heteroatoms. The standard InChI is InChI=1S/C17H19N7O4/c1-2-13(25)28-17-15(20-22-23-21-17)19-16(26)12-5-3-11(4-6-12)14(18)24-7-9-27-10-8-24/h3-6,18H,2,7-10H2,1H3,(H,19,20,23,26). The molecule has 2 heterocycles. The molecule has 3 rings (SSSR count). The van der Waals surface area contributed by atoms with Crippen molar-refractivity contribution >= 4 is 23.5 Å². The van der Waals surface area contributed by atoms with Crippen molar-refractivity contribution in [2.45, 2.75) is 13.3 Å². The molecule has 1 aromatic heterocycles. The minimum Gasteiger partial charge on any atom is -0.402 e. The summed E-state index contributed by atoms with van der Waals surface area (Å²) in [4.78, 5) is 25.8. The van der Waals surface area contributed by atoms with Crippen molar-refractivity contribution in [3.63, 3.8) is 0 Å². The molecular weight excluding hydrogens is 366 g/mol. The highest BCUT2D eigenvalue weighted by Gasteiger charge is 2.18. The van der Waals surface area contributed by atoms with Crippen LogP contribution in [0.25, 0.3) is 0 Å². The Morgan fingerprint density at radius 3 is 2.46 bits per heavy atom. The number of aromatic nitrogens is 4. The molecule has 146 valence electrons. The molecule has 11 nitrogen and oxygen atoms in total. The fraction of sp³-hybridized carbons (Fsp3) is 0.353. The zero-order valence-electron chi connectivity index (χ0n) is 15.2. The number of carbonyl (C=O) groups excluding carboxylic acids is 2. The first-order valence-electron chi connectivity index (χ1n) is 8.68. The summed E-state index contributed by atoms with van der Waals surface area (Å²) in [5.74, 6) is -0.967. The Balaban J connectivity index is 1.68. The summed E-state index contributed by atoms with van der Waals surface area (Å²) in [6.45, 7) is 4.13. The van der Waals surface area contributed by atoms with Crippen molar-refractivity contribution in [1.82, 2.24) is 25.5 Å². The van der Waals surface area contributed by atoms with Crippen molar-refractivity contribution in [3.8, 4) is 5.88 Å². The molecule has 28 heavy (non-hydrogen) atoms. The molecule has 0 saturated carbocycles. The lowest BCUT2D eigenvalue weighted by Gasteiger charge is -2.29. The fourth-order valence-electron chi connectivity index (χ4n) is 2.47. The first-order valence-corrected chi connectivity index (χ1v) is 8.68. The van der Waals surface area contributed by atoms with Gasteiger partial charge in [-0.1, -0.05) is 24.2 Å². The van der Waals surface area contributed by atoms with E-state index >= 15 is 0 Å². The second-order valence-electron chi connectivity index (χ2n) is 5.84. The monoisotopic (exact) mass is 385 g/mol. The van der Waals surface area contributed by atoms with E-state index in [-0.39, 0.29) is 18.1 Å². The van der Waals surface area contributed by atoms with Gasteiger partial charge in [-0.25, -0.2) is 0 Å². The lowest BCUT2D eigenvalue weighted by molar-refractivity contribution is -0.134. The molecule has 0 unspecified atom stereocenters. The summed E-state index contributed by atoms with van der Waals surface area (Å²) in [5, 5.41) is 24.7. The molecule has 0 aliphatic carbocycles. The summed E-state index contributed by atoms with van der Waals surface area (Å²) < 4.78 is 10.3. The van der Waals surface area contributed by atoms with Crippen LogP contribution in [-0.2, 0) is 9.53 Å². The molecule has 2 N–H and O–H groups in total. The summed E-state index contributed by atoms with van der Waals surface area (Å²) >= 11 is 0. The number of amidine groups is 1. The highest BCUT2D eigenvalue weighted by atomic mass is 16.5. The number of anilines is 1. The lowest BCUT2D eigenvalue weighted by atomic mass is 10.1. The van der Waals surface area contributed by atoms with Gasteiger partial charge in [-0.05, 0) is 22.6 Å². The van der Waals surface area contributed by atoms with Crippen LogP contribution >= 0.6 is 0 Å². The first kappa shape index (κ1) is 19.3. The fourth-order valence-corrected chi connectivity index (χ4v) is 2.47. The van der Waals surface area contributed by atoms with Crippen LogP contribution in [0.3, 0.4) is 0 Å². The average molecular weight is 385 g/mol. The van der Waals surface area contributed by atoms with E-state index in [4.69, 9.17) is 14.9 Å². The van der Waals surface area contributed by atoms with Crippen LogP contribution in [0.4, 0.5) is 5.82 Å². The Labute approximate surface area is 160 Å². The van der Waals surface area contributed by atoms with Gasteiger partial charge in [-0.3, -0.25) is 15.0 Å². The Bertz CT molecular complexity index is 866. The highest BCUT2D eigenvalue weighted by Crippen LogP contribution is 2.18. The topological polar surface area (TPSA) is 143 Å². The van der Waals surface area contributed by atoms with Gasteiger partial charge in [0.15, 0.2) is 0 Å². The highest BCUT2D eigenvalue weighted by molar-refractivity contribution is 6.05. The number of hydrogen-bond acceptors (Lipinski definition) is 9. The van der Waals surface area contributed by atoms with Crippen LogP contribution in [0.2, 0.25) is 0 Å². The maximum absolute atomic E-state index is 12.5. The van der Waals surface area contributed by atoms with E-state index in [1.165, 1.54) is 0 Å². The maximum atomic E-state index is 12.5. The summed E-state index contributed by atoms with van der Waals surface area (Å²) in [7, 11) is 0. The van der Waals surface area contributed by atoms with Gasteiger partial charge in [0.2, 0.25) is 5.82 Å². The lowest BCUT2D eigenvalue weighted by Crippen LogP contribution is -2.40. The largest absolute Gasteiger partial charge is 0.402 e. The molecule has 1 aliphatic heterocycles. The summed E-state index contributed by atoms with van der Waals surface area (Å²) in [5.41, 5.74) is 1.03. The number of esters is 1. The summed E-state index contributed by atoms with van der Waals surface area (Å²) in [6, 6.07) is 6.58. The molecule has 1 aromatic carbocycles. The number of rotatable bonds is 5. The molecule has 0 radical (unpaired) electrons. The molecule has 1 aliphatic rings. The number of morpholine rings is 1. The van der Waals surface area contributed by atoms with Crippen molar-refractivity contribution in [3.05, 3.63) is 35.4 Å². The van der Waals surface area contributed by atoms with Gasteiger partial charge >= 0.3 is 5.97 Å². The second kappa shape index (κ2) is 8.95. The van der Waals surface area contributed by atoms with E-state index in [1.54, 1.807) is 31.2 Å². The zero-order chi connectivity index (χ0) is 19.9. The SMILES string of the molecule is CCC(=O)Oc1nnnnc1NC(=O)c1ccc(C(=N)N2CCOCC2)cc1. The molecule has 2 aromatic rings. The molecule has 0 atom stereocenters. The Kier molecular flexibility index (Phi) is 6.17. The van der Waals surface area contributed by atoms with Crippen LogP contribution in [0.1, 0.15) is 29.3 Å². The zero-order valence-corrected chi connectivity index (χ0v) is 15.2. The minimum absolute atomic E-state index is 0.105. The number of benzene rings is 1. The van der Waals surface area contributed by atoms with Crippen LogP contribution < -0.4 is 10.1 Å². The average Bonchev–Trinajstić information content (AvgIpc) is 2.75. The Morgan fingerprint density at radius 1 is 1.14 bits per heavy atom. The predicted molar refractivity (Wildman–Crippen MR) is 97.2 cm³/mol. The predicted octanol–water partition coefficient (Wildman–Crippen LogP) is 0.492. The van der Waals surface area contributed by atoms with E-state index in [0.29, 0.717) is 43.3 Å². The molecule has 0 spiro atoms. The van der Waals surface area contributed by atoms with Gasteiger partial charge in [-0.15, -0.1) is 5.10 Å². The number of nitrogens with zero attached hydrogens (tertiary/aromatic N) is 5. The first-order chi connectivity index (χ1) is 13.6. The number of hydrogen-bond donors (Lipinski definition) is 2. The smallest absolute Gasteiger partial charge is 0.312 e. The third kappa shape index (κ3) is 4.62. The quantitative estimate of drug-likeness (QED) is 0.427. The minimum atomic E-state index is -0.538. The van der Waals surface area contributed by atoms with Gasteiger partial charge in [0.1, 0.15) is 5.84 Å². The van der Waals surface area contributed by atoms with E-state index in [9.17, 15) is 9.59 Å². The number of carbonyl (C=O) groups is 2. The van der Waals surface area contributed by atoms with Crippen LogP contribution in [0.15, 0.2) is 24.3 Å². The molecule has 1 amide bonds. The summed E-state index contributed by atoms with van der Waals surface area (Å²) in [6.07, 6.45) is 0.133. The Morgan fingerprint density at radius 2 is 1.79 bits per heavy atom. The van der Waals surface area contributed by atoms with Gasteiger partial charge in [0.25, 0.3) is 11.8 Å². The van der Waals surface area contributed by atoms with E-state index in [2.05, 4.69) is 25.9 Å². The van der Waals surface area contributed by atoms with Gasteiger partial charge in [0, 0.05) is 30.6 Å². The van der Waals surface area contributed by atoms with Crippen LogP contribution in [-0.4, -0.2) is 69.5 Å². The van der Waals surface area contributed by atoms with E-state index in [1.807, 2.05) is 4.90 Å². The van der Waals surface area contributed by atoms with Crippen molar-refractivity contribution in [1.29, 1.82) is 5.41 Å². The van der Waals surface area contributed by atoms with Gasteiger partial charge in [-0.2, -0.15) is 0 Å². The van der Waals surface area contributed by atoms with Crippen LogP contribution in [0, 0.1) is 5.41 Å². The Hall–Kier alpha value is -3.47. The van der Waals surface area contributed by atoms with Gasteiger partial charge < -0.3 is 19.7 Å².